The number of nitrogens with zero attached hydrogens (tertiary/aromatic N) is 3. The van der Waals surface area contributed by atoms with Crippen LogP contribution in [0, 0.1) is 0 Å². The Kier molecular flexibility index (Phi) is 7.83. The standard InChI is InChI=1S/C25H20Cl2N4OS/c26-20-12-13-21(27)22(15-20)31-23(16-28-24(32)14-11-18-7-3-1-4-8-18)29-30-25(31)33-17-19-9-5-2-6-10-19/h1-15H,16-17H2,(H,28,32). The minimum absolute atomic E-state index is 0.180. The van der Waals surface area contributed by atoms with Gasteiger partial charge in [0.1, 0.15) is 0 Å². The highest BCUT2D eigenvalue weighted by atomic mass is 35.5. The Morgan fingerprint density at radius 2 is 1.70 bits per heavy atom. The van der Waals surface area contributed by atoms with Gasteiger partial charge in [0.05, 0.1) is 17.3 Å². The zero-order valence-corrected chi connectivity index (χ0v) is 19.8. The normalized spacial score (nSPS) is 11.1. The Labute approximate surface area is 206 Å². The number of hydrogen-bond acceptors (Lipinski definition) is 4. The van der Waals surface area contributed by atoms with E-state index < -0.39 is 0 Å². The van der Waals surface area contributed by atoms with Crippen molar-refractivity contribution in [3.63, 3.8) is 0 Å². The highest BCUT2D eigenvalue weighted by Gasteiger charge is 2.17. The van der Waals surface area contributed by atoms with E-state index in [0.29, 0.717) is 32.5 Å². The average Bonchev–Trinajstić information content (AvgIpc) is 3.25. The van der Waals surface area contributed by atoms with Crippen molar-refractivity contribution in [2.75, 3.05) is 0 Å². The van der Waals surface area contributed by atoms with Gasteiger partial charge in [-0.1, -0.05) is 95.6 Å². The van der Waals surface area contributed by atoms with Crippen LogP contribution in [0.4, 0.5) is 0 Å². The Morgan fingerprint density at radius 3 is 2.45 bits per heavy atom. The number of benzene rings is 3. The summed E-state index contributed by atoms with van der Waals surface area (Å²) in [5.41, 5.74) is 2.77. The van der Waals surface area contributed by atoms with Crippen LogP contribution < -0.4 is 5.32 Å². The fraction of sp³-hybridized carbons (Fsp3) is 0.0800. The summed E-state index contributed by atoms with van der Waals surface area (Å²) in [6, 6.07) is 24.9. The molecule has 5 nitrogen and oxygen atoms in total. The molecule has 0 bridgehead atoms. The summed E-state index contributed by atoms with van der Waals surface area (Å²) >= 11 is 14.3. The number of halogens is 2. The Morgan fingerprint density at radius 1 is 0.970 bits per heavy atom. The number of rotatable bonds is 8. The Balaban J connectivity index is 1.55. The van der Waals surface area contributed by atoms with E-state index in [4.69, 9.17) is 23.2 Å². The summed E-state index contributed by atoms with van der Waals surface area (Å²) in [6.45, 7) is 0.180. The SMILES string of the molecule is O=C(C=Cc1ccccc1)NCc1nnc(SCc2ccccc2)n1-c1cc(Cl)ccc1Cl. The largest absolute Gasteiger partial charge is 0.345 e. The van der Waals surface area contributed by atoms with Crippen molar-refractivity contribution in [2.45, 2.75) is 17.5 Å². The maximum atomic E-state index is 12.4. The van der Waals surface area contributed by atoms with E-state index in [1.165, 1.54) is 17.8 Å². The third kappa shape index (κ3) is 6.26. The van der Waals surface area contributed by atoms with Crippen LogP contribution in [-0.2, 0) is 17.1 Å². The van der Waals surface area contributed by atoms with Gasteiger partial charge in [0.2, 0.25) is 5.91 Å². The van der Waals surface area contributed by atoms with Crippen molar-refractivity contribution in [1.82, 2.24) is 20.1 Å². The van der Waals surface area contributed by atoms with Crippen LogP contribution in [-0.4, -0.2) is 20.7 Å². The van der Waals surface area contributed by atoms with Crippen LogP contribution in [0.1, 0.15) is 17.0 Å². The molecule has 0 unspecified atom stereocenters. The smallest absolute Gasteiger partial charge is 0.244 e. The summed E-state index contributed by atoms with van der Waals surface area (Å²) in [5.74, 6) is 1.03. The van der Waals surface area contributed by atoms with E-state index in [-0.39, 0.29) is 12.5 Å². The third-order valence-corrected chi connectivity index (χ3v) is 6.26. The molecule has 1 N–H and O–H groups in total. The second-order valence-electron chi connectivity index (χ2n) is 7.07. The van der Waals surface area contributed by atoms with E-state index >= 15 is 0 Å². The van der Waals surface area contributed by atoms with E-state index in [1.807, 2.05) is 53.1 Å². The summed E-state index contributed by atoms with van der Waals surface area (Å²) in [6.07, 6.45) is 3.25. The monoisotopic (exact) mass is 494 g/mol. The lowest BCUT2D eigenvalue weighted by atomic mass is 10.2. The zero-order valence-electron chi connectivity index (χ0n) is 17.5. The zero-order chi connectivity index (χ0) is 23.0. The lowest BCUT2D eigenvalue weighted by Gasteiger charge is -2.12. The van der Waals surface area contributed by atoms with Crippen LogP contribution in [0.15, 0.2) is 90.1 Å². The van der Waals surface area contributed by atoms with Crippen molar-refractivity contribution < 1.29 is 4.79 Å². The van der Waals surface area contributed by atoms with Gasteiger partial charge in [0.15, 0.2) is 11.0 Å². The number of nitrogens with one attached hydrogen (secondary N) is 1. The van der Waals surface area contributed by atoms with Crippen LogP contribution in [0.3, 0.4) is 0 Å². The molecule has 0 saturated heterocycles. The lowest BCUT2D eigenvalue weighted by Crippen LogP contribution is -2.22. The lowest BCUT2D eigenvalue weighted by molar-refractivity contribution is -0.116. The first-order valence-electron chi connectivity index (χ1n) is 10.2. The predicted molar refractivity (Wildman–Crippen MR) is 135 cm³/mol. The molecule has 1 amide bonds. The van der Waals surface area contributed by atoms with Gasteiger partial charge >= 0.3 is 0 Å². The van der Waals surface area contributed by atoms with Gasteiger partial charge in [-0.3, -0.25) is 9.36 Å². The predicted octanol–water partition coefficient (Wildman–Crippen LogP) is 6.20. The van der Waals surface area contributed by atoms with E-state index in [2.05, 4.69) is 27.6 Å². The molecule has 1 heterocycles. The van der Waals surface area contributed by atoms with Crippen molar-refractivity contribution in [1.29, 1.82) is 0 Å². The average molecular weight is 495 g/mol. The van der Waals surface area contributed by atoms with Gasteiger partial charge in [0.25, 0.3) is 0 Å². The Hall–Kier alpha value is -3.06. The molecule has 4 rings (SSSR count). The minimum atomic E-state index is -0.232. The molecule has 0 aliphatic rings. The van der Waals surface area contributed by atoms with Gasteiger partial charge in [0, 0.05) is 16.9 Å². The number of aromatic nitrogens is 3. The molecule has 0 saturated carbocycles. The molecule has 0 atom stereocenters. The molecule has 0 fully saturated rings. The van der Waals surface area contributed by atoms with Gasteiger partial charge in [-0.25, -0.2) is 0 Å². The summed E-state index contributed by atoms with van der Waals surface area (Å²) in [4.78, 5) is 12.4. The molecule has 3 aromatic carbocycles. The number of carbonyl (C=O) groups is 1. The molecule has 1 aromatic heterocycles. The van der Waals surface area contributed by atoms with Gasteiger partial charge < -0.3 is 5.32 Å². The summed E-state index contributed by atoms with van der Waals surface area (Å²) < 4.78 is 1.84. The first-order valence-corrected chi connectivity index (χ1v) is 11.9. The van der Waals surface area contributed by atoms with Gasteiger partial charge in [-0.05, 0) is 35.4 Å². The first kappa shape index (κ1) is 23.1. The second-order valence-corrected chi connectivity index (χ2v) is 8.85. The number of carbonyl (C=O) groups excluding carboxylic acids is 1. The molecule has 0 aliphatic heterocycles. The van der Waals surface area contributed by atoms with Crippen molar-refractivity contribution >= 4 is 46.9 Å². The van der Waals surface area contributed by atoms with E-state index in [0.717, 1.165) is 11.1 Å². The number of hydrogen-bond donors (Lipinski definition) is 1. The third-order valence-electron chi connectivity index (χ3n) is 4.71. The maximum Gasteiger partial charge on any atom is 0.244 e. The molecule has 0 spiro atoms. The maximum absolute atomic E-state index is 12.4. The van der Waals surface area contributed by atoms with Crippen LogP contribution in [0.2, 0.25) is 10.0 Å². The van der Waals surface area contributed by atoms with Gasteiger partial charge in [-0.15, -0.1) is 10.2 Å². The van der Waals surface area contributed by atoms with E-state index in [9.17, 15) is 4.79 Å². The second kappa shape index (κ2) is 11.2. The number of amides is 1. The van der Waals surface area contributed by atoms with Crippen molar-refractivity contribution in [2.24, 2.45) is 0 Å². The Bertz CT molecular complexity index is 1260. The number of thioether (sulfide) groups is 1. The van der Waals surface area contributed by atoms with Crippen molar-refractivity contribution in [3.8, 4) is 5.69 Å². The van der Waals surface area contributed by atoms with Crippen LogP contribution >= 0.6 is 35.0 Å². The van der Waals surface area contributed by atoms with E-state index in [1.54, 1.807) is 24.3 Å². The minimum Gasteiger partial charge on any atom is -0.345 e. The van der Waals surface area contributed by atoms with Crippen molar-refractivity contribution in [3.05, 3.63) is 112 Å². The fourth-order valence-electron chi connectivity index (χ4n) is 3.09. The molecular formula is C25H20Cl2N4OS. The summed E-state index contributed by atoms with van der Waals surface area (Å²) in [7, 11) is 0. The highest BCUT2D eigenvalue weighted by molar-refractivity contribution is 7.98. The molecule has 33 heavy (non-hydrogen) atoms. The highest BCUT2D eigenvalue weighted by Crippen LogP contribution is 2.30. The van der Waals surface area contributed by atoms with Crippen LogP contribution in [0.5, 0.6) is 0 Å². The molecular weight excluding hydrogens is 475 g/mol. The fourth-order valence-corrected chi connectivity index (χ4v) is 4.38. The summed E-state index contributed by atoms with van der Waals surface area (Å²) in [5, 5.41) is 13.3. The molecule has 0 aliphatic carbocycles. The molecule has 0 radical (unpaired) electrons. The molecule has 166 valence electrons. The van der Waals surface area contributed by atoms with Crippen LogP contribution in [0.25, 0.3) is 11.8 Å². The van der Waals surface area contributed by atoms with Gasteiger partial charge in [-0.2, -0.15) is 0 Å². The first-order chi connectivity index (χ1) is 16.1. The molecule has 4 aromatic rings. The topological polar surface area (TPSA) is 59.8 Å². The quantitative estimate of drug-likeness (QED) is 0.234. The molecule has 8 heteroatoms.